The topological polar surface area (TPSA) is 67.9 Å². The van der Waals surface area contributed by atoms with Gasteiger partial charge in [-0.25, -0.2) is 4.79 Å². The molecule has 0 fully saturated rings. The minimum atomic E-state index is -0.532. The summed E-state index contributed by atoms with van der Waals surface area (Å²) in [7, 11) is 3.94. The molecular weight excluding hydrogens is 440 g/mol. The minimum Gasteiger partial charge on any atom is -0.482 e. The van der Waals surface area contributed by atoms with Crippen molar-refractivity contribution in [3.8, 4) is 11.5 Å². The smallest absolute Gasteiger partial charge is 0.349 e. The average molecular weight is 469 g/mol. The summed E-state index contributed by atoms with van der Waals surface area (Å²) >= 11 is 0. The highest BCUT2D eigenvalue weighted by Crippen LogP contribution is 2.37. The Morgan fingerprint density at radius 3 is 2.23 bits per heavy atom. The molecule has 0 saturated carbocycles. The number of benzene rings is 4. The van der Waals surface area contributed by atoms with Crippen LogP contribution in [0.4, 0.5) is 5.69 Å². The zero-order chi connectivity index (χ0) is 24.8. The van der Waals surface area contributed by atoms with E-state index in [1.165, 1.54) is 6.92 Å². The zero-order valence-electron chi connectivity index (χ0n) is 20.0. The second-order valence-electron chi connectivity index (χ2n) is 8.39. The molecule has 0 radical (unpaired) electrons. The molecule has 1 amide bonds. The lowest BCUT2D eigenvalue weighted by Gasteiger charge is -2.24. The third-order valence-corrected chi connectivity index (χ3v) is 5.63. The number of nitrogens with zero attached hydrogens (tertiary/aromatic N) is 1. The number of carbonyl (C=O) groups excluding carboxylic acids is 2. The Morgan fingerprint density at radius 1 is 0.857 bits per heavy atom. The Bertz CT molecular complexity index is 1320. The molecule has 0 aromatic heterocycles. The van der Waals surface area contributed by atoms with Gasteiger partial charge in [0.1, 0.15) is 11.5 Å². The third kappa shape index (κ3) is 5.79. The highest BCUT2D eigenvalue weighted by atomic mass is 16.6. The van der Waals surface area contributed by atoms with Gasteiger partial charge < -0.3 is 19.7 Å². The largest absolute Gasteiger partial charge is 0.482 e. The fraction of sp³-hybridized carbons (Fsp3) is 0.172. The van der Waals surface area contributed by atoms with Gasteiger partial charge in [-0.1, -0.05) is 60.7 Å². The molecule has 1 atom stereocenters. The number of hydrogen-bond acceptors (Lipinski definition) is 5. The summed E-state index contributed by atoms with van der Waals surface area (Å²) in [6.45, 7) is 1.24. The number of anilines is 1. The van der Waals surface area contributed by atoms with Gasteiger partial charge >= 0.3 is 5.97 Å². The molecule has 6 heteroatoms. The molecule has 0 aliphatic heterocycles. The van der Waals surface area contributed by atoms with E-state index in [-0.39, 0.29) is 12.5 Å². The number of nitrogens with one attached hydrogen (secondary N) is 1. The number of rotatable bonds is 8. The van der Waals surface area contributed by atoms with Crippen LogP contribution in [0.15, 0.2) is 91.0 Å². The zero-order valence-corrected chi connectivity index (χ0v) is 20.0. The normalized spacial score (nSPS) is 11.5. The predicted molar refractivity (Wildman–Crippen MR) is 138 cm³/mol. The lowest BCUT2D eigenvalue weighted by molar-refractivity contribution is -0.136. The van der Waals surface area contributed by atoms with Gasteiger partial charge in [-0.3, -0.25) is 4.79 Å². The summed E-state index contributed by atoms with van der Waals surface area (Å²) in [5.74, 6) is 0.236. The van der Waals surface area contributed by atoms with E-state index in [1.807, 2.05) is 91.8 Å². The van der Waals surface area contributed by atoms with E-state index in [1.54, 1.807) is 18.2 Å². The van der Waals surface area contributed by atoms with E-state index in [0.29, 0.717) is 17.1 Å². The maximum Gasteiger partial charge on any atom is 0.349 e. The van der Waals surface area contributed by atoms with Crippen molar-refractivity contribution in [2.24, 2.45) is 0 Å². The van der Waals surface area contributed by atoms with Gasteiger partial charge in [0.15, 0.2) is 6.61 Å². The van der Waals surface area contributed by atoms with Gasteiger partial charge in [0, 0.05) is 32.3 Å². The number of hydrogen-bond donors (Lipinski definition) is 1. The van der Waals surface area contributed by atoms with Gasteiger partial charge in [-0.2, -0.15) is 0 Å². The van der Waals surface area contributed by atoms with Crippen molar-refractivity contribution in [3.63, 3.8) is 0 Å². The van der Waals surface area contributed by atoms with E-state index in [2.05, 4.69) is 5.32 Å². The van der Waals surface area contributed by atoms with Crippen molar-refractivity contribution in [1.29, 1.82) is 0 Å². The Kier molecular flexibility index (Phi) is 7.31. The lowest BCUT2D eigenvalue weighted by atomic mass is 9.92. The molecule has 1 N–H and O–H groups in total. The number of esters is 1. The molecule has 1 unspecified atom stereocenters. The maximum absolute atomic E-state index is 12.7. The summed E-state index contributed by atoms with van der Waals surface area (Å²) < 4.78 is 11.4. The molecule has 4 rings (SSSR count). The Balaban J connectivity index is 1.73. The minimum absolute atomic E-state index is 0.190. The molecule has 4 aromatic rings. The van der Waals surface area contributed by atoms with E-state index in [4.69, 9.17) is 9.47 Å². The van der Waals surface area contributed by atoms with Gasteiger partial charge in [0.2, 0.25) is 5.91 Å². The molecule has 0 bridgehead atoms. The van der Waals surface area contributed by atoms with Crippen LogP contribution in [0.3, 0.4) is 0 Å². The van der Waals surface area contributed by atoms with E-state index in [9.17, 15) is 9.59 Å². The average Bonchev–Trinajstić information content (AvgIpc) is 2.87. The van der Waals surface area contributed by atoms with Crippen molar-refractivity contribution in [3.05, 3.63) is 102 Å². The van der Waals surface area contributed by atoms with Crippen LogP contribution in [-0.2, 0) is 9.59 Å². The first-order valence-electron chi connectivity index (χ1n) is 11.4. The van der Waals surface area contributed by atoms with Crippen LogP contribution < -0.4 is 19.7 Å². The molecule has 0 saturated heterocycles. The van der Waals surface area contributed by atoms with Gasteiger partial charge in [0.25, 0.3) is 0 Å². The van der Waals surface area contributed by atoms with E-state index < -0.39 is 12.0 Å². The van der Waals surface area contributed by atoms with Crippen molar-refractivity contribution in [2.45, 2.75) is 13.0 Å². The third-order valence-electron chi connectivity index (χ3n) is 5.63. The second kappa shape index (κ2) is 10.7. The van der Waals surface area contributed by atoms with Crippen LogP contribution in [-0.4, -0.2) is 32.6 Å². The highest BCUT2D eigenvalue weighted by molar-refractivity contribution is 5.90. The van der Waals surface area contributed by atoms with Crippen LogP contribution in [0.5, 0.6) is 11.5 Å². The number of para-hydroxylation sites is 1. The molecule has 35 heavy (non-hydrogen) atoms. The molecular formula is C29H28N2O4. The van der Waals surface area contributed by atoms with Crippen LogP contribution in [0.1, 0.15) is 24.1 Å². The van der Waals surface area contributed by atoms with Crippen LogP contribution in [0, 0.1) is 0 Å². The quantitative estimate of drug-likeness (QED) is 0.287. The number of ether oxygens (including phenoxy) is 2. The van der Waals surface area contributed by atoms with Crippen molar-refractivity contribution in [2.75, 3.05) is 25.6 Å². The summed E-state index contributed by atoms with van der Waals surface area (Å²) in [6.07, 6.45) is 0. The second-order valence-corrected chi connectivity index (χ2v) is 8.39. The number of amides is 1. The molecule has 0 spiro atoms. The molecule has 0 aliphatic rings. The molecule has 6 nitrogen and oxygen atoms in total. The standard InChI is InChI=1S/C29H28N2O4/c1-20(32)30-29(22-13-16-23(17-14-22)31(2)3)28-25-12-8-7-9-21(25)15-18-26(28)35-27(33)19-34-24-10-5-4-6-11-24/h4-18,29H,19H2,1-3H3,(H,30,32). The Labute approximate surface area is 205 Å². The van der Waals surface area contributed by atoms with E-state index >= 15 is 0 Å². The van der Waals surface area contributed by atoms with Crippen molar-refractivity contribution >= 4 is 28.3 Å². The fourth-order valence-electron chi connectivity index (χ4n) is 3.96. The summed E-state index contributed by atoms with van der Waals surface area (Å²) in [4.78, 5) is 27.0. The highest BCUT2D eigenvalue weighted by Gasteiger charge is 2.24. The molecule has 4 aromatic carbocycles. The summed E-state index contributed by atoms with van der Waals surface area (Å²) in [5.41, 5.74) is 2.63. The van der Waals surface area contributed by atoms with Gasteiger partial charge in [-0.05, 0) is 46.7 Å². The summed E-state index contributed by atoms with van der Waals surface area (Å²) in [5, 5.41) is 4.91. The fourth-order valence-corrected chi connectivity index (χ4v) is 3.96. The first-order chi connectivity index (χ1) is 16.9. The first kappa shape index (κ1) is 23.8. The molecule has 0 heterocycles. The summed E-state index contributed by atoms with van der Waals surface area (Å²) in [6, 6.07) is 28.0. The predicted octanol–water partition coefficient (Wildman–Crippen LogP) is 5.12. The van der Waals surface area contributed by atoms with Crippen molar-refractivity contribution < 1.29 is 19.1 Å². The SMILES string of the molecule is CC(=O)NC(c1ccc(N(C)C)cc1)c1c(OC(=O)COc2ccccc2)ccc2ccccc12. The van der Waals surface area contributed by atoms with Crippen LogP contribution >= 0.6 is 0 Å². The van der Waals surface area contributed by atoms with Gasteiger partial charge in [-0.15, -0.1) is 0 Å². The monoisotopic (exact) mass is 468 g/mol. The van der Waals surface area contributed by atoms with Crippen molar-refractivity contribution in [1.82, 2.24) is 5.32 Å². The van der Waals surface area contributed by atoms with Crippen LogP contribution in [0.25, 0.3) is 10.8 Å². The number of fused-ring (bicyclic) bond motifs is 1. The maximum atomic E-state index is 12.7. The van der Waals surface area contributed by atoms with Crippen LogP contribution in [0.2, 0.25) is 0 Å². The number of carbonyl (C=O) groups is 2. The lowest BCUT2D eigenvalue weighted by Crippen LogP contribution is -2.28. The van der Waals surface area contributed by atoms with E-state index in [0.717, 1.165) is 22.0 Å². The molecule has 0 aliphatic carbocycles. The Hall–Kier alpha value is -4.32. The van der Waals surface area contributed by atoms with Gasteiger partial charge in [0.05, 0.1) is 6.04 Å². The molecule has 178 valence electrons. The Morgan fingerprint density at radius 2 is 1.54 bits per heavy atom. The first-order valence-corrected chi connectivity index (χ1v) is 11.4.